The van der Waals surface area contributed by atoms with Gasteiger partial charge in [-0.1, -0.05) is 91.0 Å². The Kier molecular flexibility index (Phi) is 5.94. The van der Waals surface area contributed by atoms with Gasteiger partial charge in [-0.05, 0) is 110 Å². The standard InChI is InChI=1S/C38H28N2/c1-25-24-39-20-19-32(25)30-8-7-9-31(23-30)38-35-12-5-3-10-33(35)37(34-11-4-6-13-36(34)38)28-16-14-27(15-17-28)29-18-21-40-26(2)22-29/h3-24H,1-2H3. The van der Waals surface area contributed by atoms with Crippen molar-refractivity contribution in [2.75, 3.05) is 0 Å². The van der Waals surface area contributed by atoms with E-state index in [1.54, 1.807) is 0 Å². The Labute approximate surface area is 234 Å². The summed E-state index contributed by atoms with van der Waals surface area (Å²) in [7, 11) is 0. The molecule has 0 unspecified atom stereocenters. The number of aryl methyl sites for hydroxylation is 2. The second-order valence-electron chi connectivity index (χ2n) is 10.4. The van der Waals surface area contributed by atoms with Crippen LogP contribution in [0.4, 0.5) is 0 Å². The fourth-order valence-corrected chi connectivity index (χ4v) is 5.94. The maximum Gasteiger partial charge on any atom is 0.0378 e. The zero-order chi connectivity index (χ0) is 27.1. The number of nitrogens with zero attached hydrogens (tertiary/aromatic N) is 2. The van der Waals surface area contributed by atoms with Gasteiger partial charge in [-0.25, -0.2) is 0 Å². The van der Waals surface area contributed by atoms with Crippen LogP contribution in [-0.2, 0) is 0 Å². The Hall–Kier alpha value is -5.08. The Morgan fingerprint density at radius 2 is 1.05 bits per heavy atom. The summed E-state index contributed by atoms with van der Waals surface area (Å²) < 4.78 is 0. The van der Waals surface area contributed by atoms with Gasteiger partial charge in [0.2, 0.25) is 0 Å². The topological polar surface area (TPSA) is 25.8 Å². The summed E-state index contributed by atoms with van der Waals surface area (Å²) in [6, 6.07) is 41.8. The Morgan fingerprint density at radius 3 is 1.68 bits per heavy atom. The van der Waals surface area contributed by atoms with Crippen LogP contribution in [0.25, 0.3) is 66.1 Å². The molecule has 0 atom stereocenters. The zero-order valence-corrected chi connectivity index (χ0v) is 22.6. The van der Waals surface area contributed by atoms with E-state index in [2.05, 4.69) is 132 Å². The van der Waals surface area contributed by atoms with Crippen LogP contribution < -0.4 is 0 Å². The average Bonchev–Trinajstić information content (AvgIpc) is 3.00. The normalized spacial score (nSPS) is 11.2. The van der Waals surface area contributed by atoms with Crippen molar-refractivity contribution in [1.29, 1.82) is 0 Å². The molecule has 190 valence electrons. The van der Waals surface area contributed by atoms with Gasteiger partial charge >= 0.3 is 0 Å². The molecule has 0 radical (unpaired) electrons. The molecule has 0 saturated carbocycles. The molecule has 0 saturated heterocycles. The summed E-state index contributed by atoms with van der Waals surface area (Å²) in [4.78, 5) is 8.65. The van der Waals surface area contributed by atoms with Crippen molar-refractivity contribution in [3.05, 3.63) is 145 Å². The monoisotopic (exact) mass is 512 g/mol. The van der Waals surface area contributed by atoms with Crippen molar-refractivity contribution < 1.29 is 0 Å². The van der Waals surface area contributed by atoms with E-state index in [0.717, 1.165) is 5.69 Å². The van der Waals surface area contributed by atoms with Gasteiger partial charge < -0.3 is 0 Å². The smallest absolute Gasteiger partial charge is 0.0378 e. The molecule has 40 heavy (non-hydrogen) atoms. The van der Waals surface area contributed by atoms with Crippen LogP contribution in [0, 0.1) is 13.8 Å². The van der Waals surface area contributed by atoms with Crippen LogP contribution in [0.5, 0.6) is 0 Å². The Morgan fingerprint density at radius 1 is 0.450 bits per heavy atom. The maximum absolute atomic E-state index is 4.36. The number of pyridine rings is 2. The number of rotatable bonds is 4. The number of hydrogen-bond acceptors (Lipinski definition) is 2. The molecule has 2 nitrogen and oxygen atoms in total. The van der Waals surface area contributed by atoms with E-state index >= 15 is 0 Å². The molecule has 0 aliphatic heterocycles. The van der Waals surface area contributed by atoms with Gasteiger partial charge in [-0.2, -0.15) is 0 Å². The molecule has 2 aromatic heterocycles. The van der Waals surface area contributed by atoms with Crippen LogP contribution in [0.15, 0.2) is 134 Å². The maximum atomic E-state index is 4.36. The summed E-state index contributed by atoms with van der Waals surface area (Å²) in [5, 5.41) is 5.03. The summed E-state index contributed by atoms with van der Waals surface area (Å²) in [5.74, 6) is 0. The predicted octanol–water partition coefficient (Wildman–Crippen LogP) is 10.1. The molecular weight excluding hydrogens is 484 g/mol. The van der Waals surface area contributed by atoms with Gasteiger partial charge in [0.15, 0.2) is 0 Å². The van der Waals surface area contributed by atoms with Crippen molar-refractivity contribution in [1.82, 2.24) is 9.97 Å². The lowest BCUT2D eigenvalue weighted by atomic mass is 9.85. The number of benzene rings is 5. The highest BCUT2D eigenvalue weighted by atomic mass is 14.6. The van der Waals surface area contributed by atoms with Crippen molar-refractivity contribution in [2.24, 2.45) is 0 Å². The third kappa shape index (κ3) is 4.15. The first-order valence-electron chi connectivity index (χ1n) is 13.7. The Balaban J connectivity index is 1.45. The highest BCUT2D eigenvalue weighted by molar-refractivity contribution is 6.21. The zero-order valence-electron chi connectivity index (χ0n) is 22.6. The number of aromatic nitrogens is 2. The van der Waals surface area contributed by atoms with Gasteiger partial charge in [-0.15, -0.1) is 0 Å². The van der Waals surface area contributed by atoms with Crippen molar-refractivity contribution in [2.45, 2.75) is 13.8 Å². The minimum absolute atomic E-state index is 1.03. The van der Waals surface area contributed by atoms with Crippen LogP contribution in [0.2, 0.25) is 0 Å². The van der Waals surface area contributed by atoms with Gasteiger partial charge in [0.25, 0.3) is 0 Å². The van der Waals surface area contributed by atoms with E-state index in [0.29, 0.717) is 0 Å². The summed E-state index contributed by atoms with van der Waals surface area (Å²) >= 11 is 0. The van der Waals surface area contributed by atoms with E-state index in [1.165, 1.54) is 71.6 Å². The van der Waals surface area contributed by atoms with Gasteiger partial charge in [-0.3, -0.25) is 9.97 Å². The van der Waals surface area contributed by atoms with Gasteiger partial charge in [0, 0.05) is 24.3 Å². The van der Waals surface area contributed by atoms with Crippen LogP contribution in [0.3, 0.4) is 0 Å². The lowest BCUT2D eigenvalue weighted by Crippen LogP contribution is -1.92. The molecule has 0 aliphatic rings. The molecule has 5 aromatic carbocycles. The first-order valence-corrected chi connectivity index (χ1v) is 13.7. The second-order valence-corrected chi connectivity index (χ2v) is 10.4. The second kappa shape index (κ2) is 9.91. The fraction of sp³-hybridized carbons (Fsp3) is 0.0526. The molecule has 0 aliphatic carbocycles. The first-order chi connectivity index (χ1) is 19.7. The highest BCUT2D eigenvalue weighted by Crippen LogP contribution is 2.44. The molecule has 7 rings (SSSR count). The van der Waals surface area contributed by atoms with E-state index in [4.69, 9.17) is 0 Å². The molecule has 0 N–H and O–H groups in total. The van der Waals surface area contributed by atoms with Crippen molar-refractivity contribution in [3.8, 4) is 44.5 Å². The van der Waals surface area contributed by atoms with E-state index in [1.807, 2.05) is 25.5 Å². The van der Waals surface area contributed by atoms with Crippen molar-refractivity contribution in [3.63, 3.8) is 0 Å². The van der Waals surface area contributed by atoms with Crippen molar-refractivity contribution >= 4 is 21.5 Å². The molecular formula is C38H28N2. The summed E-state index contributed by atoms with van der Waals surface area (Å²) in [6.07, 6.45) is 5.68. The average molecular weight is 513 g/mol. The third-order valence-electron chi connectivity index (χ3n) is 7.82. The molecule has 0 bridgehead atoms. The van der Waals surface area contributed by atoms with Crippen LogP contribution in [-0.4, -0.2) is 9.97 Å². The number of fused-ring (bicyclic) bond motifs is 2. The molecule has 2 heteroatoms. The predicted molar refractivity (Wildman–Crippen MR) is 168 cm³/mol. The van der Waals surface area contributed by atoms with E-state index in [-0.39, 0.29) is 0 Å². The lowest BCUT2D eigenvalue weighted by Gasteiger charge is -2.18. The minimum atomic E-state index is 1.03. The van der Waals surface area contributed by atoms with E-state index < -0.39 is 0 Å². The number of hydrogen-bond donors (Lipinski definition) is 0. The Bertz CT molecular complexity index is 1960. The largest absolute Gasteiger partial charge is 0.264 e. The molecule has 0 fully saturated rings. The van der Waals surface area contributed by atoms with Gasteiger partial charge in [0.1, 0.15) is 0 Å². The molecule has 0 amide bonds. The highest BCUT2D eigenvalue weighted by Gasteiger charge is 2.17. The van der Waals surface area contributed by atoms with E-state index in [9.17, 15) is 0 Å². The third-order valence-corrected chi connectivity index (χ3v) is 7.82. The fourth-order valence-electron chi connectivity index (χ4n) is 5.94. The van der Waals surface area contributed by atoms with Gasteiger partial charge in [0.05, 0.1) is 0 Å². The lowest BCUT2D eigenvalue weighted by molar-refractivity contribution is 1.20. The molecule has 2 heterocycles. The molecule has 0 spiro atoms. The first kappa shape index (κ1) is 24.0. The van der Waals surface area contributed by atoms with Crippen LogP contribution >= 0.6 is 0 Å². The SMILES string of the molecule is Cc1cc(-c2ccc(-c3c4ccccc4c(-c4cccc(-c5ccncc5C)c4)c4ccccc34)cc2)ccn1. The van der Waals surface area contributed by atoms with Crippen LogP contribution in [0.1, 0.15) is 11.3 Å². The summed E-state index contributed by atoms with van der Waals surface area (Å²) in [5.41, 5.74) is 12.0. The minimum Gasteiger partial charge on any atom is -0.264 e. The molecule has 7 aromatic rings. The summed E-state index contributed by atoms with van der Waals surface area (Å²) in [6.45, 7) is 4.15. The quantitative estimate of drug-likeness (QED) is 0.219.